The van der Waals surface area contributed by atoms with Gasteiger partial charge in [0.25, 0.3) is 0 Å². The van der Waals surface area contributed by atoms with Gasteiger partial charge >= 0.3 is 61.9 Å². The predicted molar refractivity (Wildman–Crippen MR) is 27.7 cm³/mol. The summed E-state index contributed by atoms with van der Waals surface area (Å²) in [5.74, 6) is -9.32. The summed E-state index contributed by atoms with van der Waals surface area (Å²) in [6, 6.07) is 0. The van der Waals surface area contributed by atoms with E-state index in [2.05, 4.69) is 9.05 Å². The molecule has 0 saturated carbocycles. The Morgan fingerprint density at radius 1 is 1.08 bits per heavy atom. The minimum atomic E-state index is -6.11. The molecule has 0 aromatic rings. The number of carbonyl (C=O) groups is 2. The van der Waals surface area contributed by atoms with Crippen LogP contribution in [0.1, 0.15) is 0 Å². The molecular formula is C3HF4O4P. The number of halogens is 4. The molecule has 0 aromatic carbocycles. The van der Waals surface area contributed by atoms with Crippen molar-refractivity contribution >= 4 is 20.0 Å². The topological polar surface area (TPSA) is 52.6 Å². The summed E-state index contributed by atoms with van der Waals surface area (Å²) >= 11 is 0. The molecule has 12 heavy (non-hydrogen) atoms. The maximum absolute atomic E-state index is 12.4. The fourth-order valence-corrected chi connectivity index (χ4v) is 1.38. The number of hydrogen-bond acceptors (Lipinski definition) is 4. The third-order valence-corrected chi connectivity index (χ3v) is 2.53. The Kier molecular flexibility index (Phi) is 1.75. The SMILES string of the molecule is O=C1O[PH](F)(C(F)(F)F)OC1=O. The first-order valence-electron chi connectivity index (χ1n) is 2.48. The van der Waals surface area contributed by atoms with Crippen LogP contribution < -0.4 is 0 Å². The Hall–Kier alpha value is -0.910. The van der Waals surface area contributed by atoms with Crippen molar-refractivity contribution in [3.63, 3.8) is 0 Å². The van der Waals surface area contributed by atoms with E-state index in [9.17, 15) is 27.0 Å². The van der Waals surface area contributed by atoms with E-state index in [0.717, 1.165) is 0 Å². The van der Waals surface area contributed by atoms with Crippen LogP contribution in [-0.4, -0.2) is 17.9 Å². The second kappa shape index (κ2) is 2.29. The van der Waals surface area contributed by atoms with Crippen LogP contribution in [0.3, 0.4) is 0 Å². The Balaban J connectivity index is 2.91. The van der Waals surface area contributed by atoms with Gasteiger partial charge in [0, 0.05) is 0 Å². The van der Waals surface area contributed by atoms with Crippen LogP contribution in [0, 0.1) is 0 Å². The van der Waals surface area contributed by atoms with Crippen LogP contribution in [0.25, 0.3) is 0 Å². The Bertz CT molecular complexity index is 231. The van der Waals surface area contributed by atoms with Gasteiger partial charge in [0.2, 0.25) is 0 Å². The minimum absolute atomic E-state index is 1.94. The van der Waals surface area contributed by atoms with Crippen molar-refractivity contribution in [3.05, 3.63) is 0 Å². The zero-order valence-corrected chi connectivity index (χ0v) is 6.14. The quantitative estimate of drug-likeness (QED) is 0.339. The van der Waals surface area contributed by atoms with Crippen LogP contribution in [0.5, 0.6) is 0 Å². The molecule has 0 bridgehead atoms. The second-order valence-electron chi connectivity index (χ2n) is 1.81. The van der Waals surface area contributed by atoms with Gasteiger partial charge in [-0.05, 0) is 0 Å². The first-order valence-corrected chi connectivity index (χ1v) is 4.18. The molecule has 9 heteroatoms. The van der Waals surface area contributed by atoms with Crippen molar-refractivity contribution in [3.8, 4) is 0 Å². The van der Waals surface area contributed by atoms with Gasteiger partial charge in [-0.1, -0.05) is 0 Å². The molecule has 1 aliphatic heterocycles. The molecule has 1 rings (SSSR count). The molecule has 70 valence electrons. The molecule has 0 N–H and O–H groups in total. The summed E-state index contributed by atoms with van der Waals surface area (Å²) < 4.78 is 53.6. The van der Waals surface area contributed by atoms with Crippen LogP contribution >= 0.6 is 8.03 Å². The summed E-state index contributed by atoms with van der Waals surface area (Å²) in [4.78, 5) is 20.1. The molecule has 0 amide bonds. The molecule has 1 saturated heterocycles. The third kappa shape index (κ3) is 1.22. The van der Waals surface area contributed by atoms with E-state index < -0.39 is 25.9 Å². The van der Waals surface area contributed by atoms with Crippen molar-refractivity contribution in [2.75, 3.05) is 0 Å². The van der Waals surface area contributed by atoms with E-state index in [-0.39, 0.29) is 0 Å². The third-order valence-electron chi connectivity index (χ3n) is 0.953. The molecule has 0 unspecified atom stereocenters. The van der Waals surface area contributed by atoms with Crippen LogP contribution in [0.2, 0.25) is 0 Å². The van der Waals surface area contributed by atoms with Gasteiger partial charge in [-0.3, -0.25) is 0 Å². The number of alkyl halides is 3. The summed E-state index contributed by atoms with van der Waals surface area (Å²) in [7, 11) is -6.11. The fourth-order valence-electron chi connectivity index (χ4n) is 0.458. The molecule has 0 aliphatic carbocycles. The van der Waals surface area contributed by atoms with Gasteiger partial charge in [-0.25, -0.2) is 0 Å². The van der Waals surface area contributed by atoms with Crippen LogP contribution in [0.15, 0.2) is 0 Å². The van der Waals surface area contributed by atoms with Crippen molar-refractivity contribution in [1.29, 1.82) is 0 Å². The van der Waals surface area contributed by atoms with Gasteiger partial charge in [-0.15, -0.1) is 0 Å². The van der Waals surface area contributed by atoms with Crippen LogP contribution in [-0.2, 0) is 18.6 Å². The number of carbonyl (C=O) groups excluding carboxylic acids is 2. The summed E-state index contributed by atoms with van der Waals surface area (Å²) in [6.07, 6.45) is 0. The van der Waals surface area contributed by atoms with E-state index >= 15 is 0 Å². The first-order chi connectivity index (χ1) is 5.26. The van der Waals surface area contributed by atoms with Gasteiger partial charge < -0.3 is 0 Å². The van der Waals surface area contributed by atoms with Crippen molar-refractivity contribution in [1.82, 2.24) is 0 Å². The van der Waals surface area contributed by atoms with Gasteiger partial charge in [0.1, 0.15) is 0 Å². The monoisotopic (exact) mass is 208 g/mol. The van der Waals surface area contributed by atoms with Crippen molar-refractivity contribution < 1.29 is 36.0 Å². The average molecular weight is 208 g/mol. The van der Waals surface area contributed by atoms with E-state index in [1.54, 1.807) is 0 Å². The van der Waals surface area contributed by atoms with Crippen molar-refractivity contribution in [2.24, 2.45) is 0 Å². The molecule has 4 nitrogen and oxygen atoms in total. The second-order valence-corrected chi connectivity index (χ2v) is 3.86. The molecule has 0 radical (unpaired) electrons. The molecule has 0 spiro atoms. The normalized spacial score (nSPS) is 24.7. The van der Waals surface area contributed by atoms with Crippen molar-refractivity contribution in [2.45, 2.75) is 5.92 Å². The zero-order valence-electron chi connectivity index (χ0n) is 5.14. The summed E-state index contributed by atoms with van der Waals surface area (Å²) in [6.45, 7) is 0. The average Bonchev–Trinajstić information content (AvgIpc) is 2.06. The molecule has 0 aromatic heterocycles. The van der Waals surface area contributed by atoms with Gasteiger partial charge in [-0.2, -0.15) is 0 Å². The Morgan fingerprint density at radius 2 is 1.42 bits per heavy atom. The van der Waals surface area contributed by atoms with Gasteiger partial charge in [0.05, 0.1) is 0 Å². The molecule has 1 aliphatic rings. The Labute approximate surface area is 63.1 Å². The van der Waals surface area contributed by atoms with Gasteiger partial charge in [0.15, 0.2) is 0 Å². The van der Waals surface area contributed by atoms with E-state index in [1.807, 2.05) is 0 Å². The fraction of sp³-hybridized carbons (Fsp3) is 0.333. The maximum atomic E-state index is 12.4. The molecule has 1 fully saturated rings. The molecule has 0 atom stereocenters. The predicted octanol–water partition coefficient (Wildman–Crippen LogP) is 1.07. The zero-order chi connectivity index (χ0) is 9.57. The summed E-state index contributed by atoms with van der Waals surface area (Å²) in [5.41, 5.74) is 0. The van der Waals surface area contributed by atoms with E-state index in [0.29, 0.717) is 0 Å². The van der Waals surface area contributed by atoms with E-state index in [4.69, 9.17) is 0 Å². The number of rotatable bonds is 0. The first kappa shape index (κ1) is 9.18. The number of hydrogen-bond donors (Lipinski definition) is 0. The Morgan fingerprint density at radius 3 is 1.58 bits per heavy atom. The molecular weight excluding hydrogens is 207 g/mol. The molecule has 1 heterocycles. The summed E-state index contributed by atoms with van der Waals surface area (Å²) in [5, 5.41) is 0. The standard InChI is InChI=1S/C3HF4O4P/c4-3(5,6)12(7)10-1(8)2(9)11-12/h12H. The van der Waals surface area contributed by atoms with E-state index in [1.165, 1.54) is 0 Å². The van der Waals surface area contributed by atoms with Crippen LogP contribution in [0.4, 0.5) is 17.4 Å².